The van der Waals surface area contributed by atoms with Gasteiger partial charge in [-0.25, -0.2) is 4.39 Å². The molecule has 0 aromatic rings. The van der Waals surface area contributed by atoms with Gasteiger partial charge in [-0.2, -0.15) is 13.2 Å². The molecule has 0 saturated heterocycles. The lowest BCUT2D eigenvalue weighted by Gasteiger charge is -2.38. The van der Waals surface area contributed by atoms with E-state index in [2.05, 4.69) is 31.9 Å². The summed E-state index contributed by atoms with van der Waals surface area (Å²) in [6, 6.07) is 0. The van der Waals surface area contributed by atoms with Gasteiger partial charge in [-0.3, -0.25) is 0 Å². The Bertz CT molecular complexity index is 200. The fraction of sp³-hybridized carbons (Fsp3) is 1.00. The first-order valence-corrected chi connectivity index (χ1v) is 6.85. The van der Waals surface area contributed by atoms with Crippen molar-refractivity contribution in [2.75, 3.05) is 0 Å². The summed E-state index contributed by atoms with van der Waals surface area (Å²) in [6.07, 6.45) is -5.18. The molecule has 0 aliphatic carbocycles. The minimum atomic E-state index is -5.18. The molecule has 0 rings (SSSR count). The van der Waals surface area contributed by atoms with Gasteiger partial charge in [0.15, 0.2) is 5.57 Å². The lowest BCUT2D eigenvalue weighted by Crippen LogP contribution is -2.54. The summed E-state index contributed by atoms with van der Waals surface area (Å²) in [4.78, 5) is 0. The van der Waals surface area contributed by atoms with Gasteiger partial charge >= 0.3 is 6.18 Å². The van der Waals surface area contributed by atoms with E-state index in [-0.39, 0.29) is 0 Å². The van der Waals surface area contributed by atoms with Crippen molar-refractivity contribution in [3.05, 3.63) is 0 Å². The summed E-state index contributed by atoms with van der Waals surface area (Å²) >= 11 is 18.9. The third kappa shape index (κ3) is 3.02. The zero-order valence-corrected chi connectivity index (χ0v) is 14.2. The average molecular weight is 562 g/mol. The van der Waals surface area contributed by atoms with Gasteiger partial charge in [-0.15, -0.1) is 0 Å². The SMILES string of the molecule is FC(F)(F)C(F)(Br)C(Br)(Br)C(Cl)(Cl)I. The van der Waals surface area contributed by atoms with Crippen LogP contribution in [0.3, 0.4) is 0 Å². The normalized spacial score (nSPS) is 19.3. The average Bonchev–Trinajstić information content (AvgIpc) is 1.81. The number of halogens is 10. The van der Waals surface area contributed by atoms with Crippen molar-refractivity contribution >= 4 is 93.6 Å². The predicted molar refractivity (Wildman–Crippen MR) is 67.9 cm³/mol. The van der Waals surface area contributed by atoms with Crippen LogP contribution in [0.1, 0.15) is 0 Å². The van der Waals surface area contributed by atoms with Crippen molar-refractivity contribution in [2.24, 2.45) is 0 Å². The highest BCUT2D eigenvalue weighted by Gasteiger charge is 2.71. The largest absolute Gasteiger partial charge is 0.435 e. The van der Waals surface area contributed by atoms with Crippen LogP contribution in [0.25, 0.3) is 0 Å². The van der Waals surface area contributed by atoms with Gasteiger partial charge in [-0.1, -0.05) is 55.1 Å². The first-order chi connectivity index (χ1) is 5.75. The first-order valence-electron chi connectivity index (χ1n) is 2.64. The van der Waals surface area contributed by atoms with E-state index in [1.807, 2.05) is 15.9 Å². The van der Waals surface area contributed by atoms with E-state index >= 15 is 0 Å². The number of hydrogen-bond acceptors (Lipinski definition) is 0. The Morgan fingerprint density at radius 1 is 0.929 bits per heavy atom. The van der Waals surface area contributed by atoms with Gasteiger partial charge in [0.2, 0.25) is 0 Å². The molecule has 0 radical (unpaired) electrons. The van der Waals surface area contributed by atoms with Gasteiger partial charge in [0.25, 0.3) is 4.58 Å². The van der Waals surface area contributed by atoms with Crippen LogP contribution in [0.4, 0.5) is 17.6 Å². The van der Waals surface area contributed by atoms with Crippen LogP contribution < -0.4 is 0 Å². The third-order valence-corrected chi connectivity index (χ3v) is 9.27. The molecule has 0 heterocycles. The molecule has 0 aliphatic rings. The van der Waals surface area contributed by atoms with Gasteiger partial charge in [0.05, 0.1) is 0 Å². The molecule has 0 fully saturated rings. The lowest BCUT2D eigenvalue weighted by atomic mass is 10.3. The minimum Gasteiger partial charge on any atom is -0.218 e. The Balaban J connectivity index is 5.30. The van der Waals surface area contributed by atoms with E-state index < -0.39 is 16.3 Å². The van der Waals surface area contributed by atoms with E-state index in [9.17, 15) is 17.6 Å². The Hall–Kier alpha value is 2.47. The van der Waals surface area contributed by atoms with Crippen LogP contribution in [-0.2, 0) is 0 Å². The van der Waals surface area contributed by atoms with Crippen LogP contribution in [-0.4, -0.2) is 16.3 Å². The molecule has 1 unspecified atom stereocenters. The number of rotatable bonds is 2. The summed E-state index contributed by atoms with van der Waals surface area (Å²) in [7, 11) is 0. The predicted octanol–water partition coefficient (Wildman–Crippen LogP) is 5.66. The van der Waals surface area contributed by atoms with Crippen LogP contribution >= 0.6 is 93.6 Å². The summed E-state index contributed by atoms with van der Waals surface area (Å²) in [5.41, 5.74) is 0. The Morgan fingerprint density at radius 2 is 1.21 bits per heavy atom. The fourth-order valence-corrected chi connectivity index (χ4v) is 2.33. The Kier molecular flexibility index (Phi) is 5.44. The highest BCUT2D eigenvalue weighted by atomic mass is 127. The molecule has 10 heteroatoms. The maximum absolute atomic E-state index is 13.4. The smallest absolute Gasteiger partial charge is 0.218 e. The minimum absolute atomic E-state index is 1.25. The second kappa shape index (κ2) is 4.62. The van der Waals surface area contributed by atoms with E-state index in [1.165, 1.54) is 22.6 Å². The van der Waals surface area contributed by atoms with Crippen molar-refractivity contribution in [3.8, 4) is 0 Å². The Labute approximate surface area is 126 Å². The molecule has 0 bridgehead atoms. The summed E-state index contributed by atoms with van der Waals surface area (Å²) in [6.45, 7) is 0. The zero-order chi connectivity index (χ0) is 12.0. The first kappa shape index (κ1) is 16.5. The molecule has 0 N–H and O–H groups in total. The summed E-state index contributed by atoms with van der Waals surface area (Å²) in [5.74, 6) is 0. The van der Waals surface area contributed by atoms with Crippen LogP contribution in [0.2, 0.25) is 0 Å². The second-order valence-electron chi connectivity index (χ2n) is 2.14. The molecule has 0 amide bonds. The van der Waals surface area contributed by atoms with Crippen molar-refractivity contribution < 1.29 is 17.6 Å². The molecule has 0 spiro atoms. The van der Waals surface area contributed by atoms with Crippen molar-refractivity contribution in [1.29, 1.82) is 0 Å². The molecule has 0 aromatic carbocycles. The molecule has 86 valence electrons. The zero-order valence-electron chi connectivity index (χ0n) is 5.78. The van der Waals surface area contributed by atoms with Gasteiger partial charge in [-0.05, 0) is 38.5 Å². The fourth-order valence-electron chi connectivity index (χ4n) is 0.356. The molecular weight excluding hydrogens is 562 g/mol. The molecule has 14 heavy (non-hydrogen) atoms. The summed E-state index contributed by atoms with van der Waals surface area (Å²) < 4.78 is 41.9. The van der Waals surface area contributed by atoms with Crippen LogP contribution in [0, 0.1) is 0 Å². The van der Waals surface area contributed by atoms with Crippen molar-refractivity contribution in [1.82, 2.24) is 0 Å². The highest BCUT2D eigenvalue weighted by Crippen LogP contribution is 2.63. The topological polar surface area (TPSA) is 0 Å². The molecule has 0 aromatic heterocycles. The van der Waals surface area contributed by atoms with Crippen LogP contribution in [0.5, 0.6) is 0 Å². The van der Waals surface area contributed by atoms with Crippen LogP contribution in [0.15, 0.2) is 0 Å². The number of alkyl halides is 10. The monoisotopic (exact) mass is 558 g/mol. The van der Waals surface area contributed by atoms with Gasteiger partial charge in [0, 0.05) is 0 Å². The van der Waals surface area contributed by atoms with E-state index in [4.69, 9.17) is 23.2 Å². The molecule has 0 aliphatic heterocycles. The molecule has 0 saturated carbocycles. The Morgan fingerprint density at radius 3 is 1.29 bits per heavy atom. The van der Waals surface area contributed by atoms with Crippen molar-refractivity contribution in [3.63, 3.8) is 0 Å². The van der Waals surface area contributed by atoms with E-state index in [1.54, 1.807) is 0 Å². The summed E-state index contributed by atoms with van der Waals surface area (Å²) in [5, 5.41) is 0. The maximum atomic E-state index is 13.4. The molecule has 0 nitrogen and oxygen atoms in total. The number of hydrogen-bond donors (Lipinski definition) is 0. The van der Waals surface area contributed by atoms with Crippen molar-refractivity contribution in [2.45, 2.75) is 16.3 Å². The van der Waals surface area contributed by atoms with E-state index in [0.29, 0.717) is 0 Å². The second-order valence-corrected chi connectivity index (χ2v) is 10.9. The quantitative estimate of drug-likeness (QED) is 0.232. The van der Waals surface area contributed by atoms with Gasteiger partial charge in [0.1, 0.15) is 0 Å². The lowest BCUT2D eigenvalue weighted by molar-refractivity contribution is -0.192. The molecular formula is C4Br3Cl2F4I. The van der Waals surface area contributed by atoms with E-state index in [0.717, 1.165) is 0 Å². The maximum Gasteiger partial charge on any atom is 0.435 e. The third-order valence-electron chi connectivity index (χ3n) is 1.11. The van der Waals surface area contributed by atoms with Gasteiger partial charge < -0.3 is 0 Å². The molecule has 1 atom stereocenters. The highest BCUT2D eigenvalue weighted by molar-refractivity contribution is 14.1. The standard InChI is InChI=1S/C4Br3Cl2F4I/c5-1(6,3(8,9)14)2(7,10)4(11,12)13.